The van der Waals surface area contributed by atoms with Crippen LogP contribution in [-0.4, -0.2) is 29.5 Å². The zero-order valence-electron chi connectivity index (χ0n) is 10.1. The molecule has 90 valence electrons. The van der Waals surface area contributed by atoms with Gasteiger partial charge in [-0.25, -0.2) is 0 Å². The number of nitrogens with one attached hydrogen (secondary N) is 1. The van der Waals surface area contributed by atoms with Crippen LogP contribution in [0.4, 0.5) is 0 Å². The number of hydrogen-bond donors (Lipinski definition) is 2. The van der Waals surface area contributed by atoms with Gasteiger partial charge in [0.05, 0.1) is 6.04 Å². The van der Waals surface area contributed by atoms with Crippen LogP contribution in [0.2, 0.25) is 0 Å². The van der Waals surface area contributed by atoms with Crippen molar-refractivity contribution in [3.8, 4) is 0 Å². The fraction of sp³-hybridized carbons (Fsp3) is 0.909. The van der Waals surface area contributed by atoms with Crippen molar-refractivity contribution in [2.24, 2.45) is 5.73 Å². The highest BCUT2D eigenvalue weighted by atomic mass is 32.2. The highest BCUT2D eigenvalue weighted by molar-refractivity contribution is 7.99. The smallest absolute Gasteiger partial charge is 0.235 e. The van der Waals surface area contributed by atoms with Gasteiger partial charge in [-0.2, -0.15) is 11.8 Å². The van der Waals surface area contributed by atoms with Gasteiger partial charge in [0.1, 0.15) is 0 Å². The van der Waals surface area contributed by atoms with E-state index in [0.717, 1.165) is 11.5 Å². The Hall–Kier alpha value is -0.220. The lowest BCUT2D eigenvalue weighted by atomic mass is 10.3. The topological polar surface area (TPSA) is 55.1 Å². The predicted octanol–water partition coefficient (Wildman–Crippen LogP) is 1.76. The van der Waals surface area contributed by atoms with Gasteiger partial charge in [-0.3, -0.25) is 4.79 Å². The number of unbranched alkanes of at least 4 members (excludes halogenated alkanes) is 2. The van der Waals surface area contributed by atoms with Gasteiger partial charge in [0.25, 0.3) is 0 Å². The highest BCUT2D eigenvalue weighted by Gasteiger charge is 2.15. The maximum atomic E-state index is 11.1. The molecule has 0 aromatic carbocycles. The first-order valence-electron chi connectivity index (χ1n) is 5.71. The van der Waals surface area contributed by atoms with Crippen LogP contribution < -0.4 is 11.1 Å². The van der Waals surface area contributed by atoms with Gasteiger partial charge < -0.3 is 11.1 Å². The molecule has 0 rings (SSSR count). The number of nitrogens with two attached hydrogens (primary N) is 1. The van der Waals surface area contributed by atoms with Gasteiger partial charge in [-0.05, 0) is 12.2 Å². The molecule has 0 radical (unpaired) electrons. The number of carbonyl (C=O) groups is 1. The summed E-state index contributed by atoms with van der Waals surface area (Å²) in [6, 6.07) is 0.121. The maximum absolute atomic E-state index is 11.1. The Morgan fingerprint density at radius 2 is 2.07 bits per heavy atom. The first-order chi connectivity index (χ1) is 7.07. The van der Waals surface area contributed by atoms with Crippen molar-refractivity contribution in [1.29, 1.82) is 0 Å². The maximum Gasteiger partial charge on any atom is 0.235 e. The zero-order valence-corrected chi connectivity index (χ0v) is 10.9. The van der Waals surface area contributed by atoms with Gasteiger partial charge >= 0.3 is 0 Å². The van der Waals surface area contributed by atoms with Crippen LogP contribution in [0, 0.1) is 0 Å². The second-order valence-electron chi connectivity index (χ2n) is 4.06. The van der Waals surface area contributed by atoms with Gasteiger partial charge in [-0.1, -0.05) is 33.6 Å². The van der Waals surface area contributed by atoms with E-state index >= 15 is 0 Å². The van der Waals surface area contributed by atoms with Gasteiger partial charge in [0.2, 0.25) is 5.91 Å². The molecular formula is C11H24N2OS. The van der Waals surface area contributed by atoms with Crippen molar-refractivity contribution in [2.75, 3.05) is 11.5 Å². The largest absolute Gasteiger partial charge is 0.368 e. The summed E-state index contributed by atoms with van der Waals surface area (Å²) in [5, 5.41) is 3.17. The number of carbonyl (C=O) groups excluding carboxylic acids is 1. The number of hydrogen-bond acceptors (Lipinski definition) is 3. The fourth-order valence-electron chi connectivity index (χ4n) is 1.27. The Bertz CT molecular complexity index is 174. The molecule has 4 heteroatoms. The number of thioether (sulfide) groups is 1. The average molecular weight is 232 g/mol. The molecule has 0 aromatic rings. The normalized spacial score (nSPS) is 13.1. The molecule has 0 saturated carbocycles. The van der Waals surface area contributed by atoms with E-state index in [-0.39, 0.29) is 11.9 Å². The first kappa shape index (κ1) is 14.8. The molecule has 0 fully saturated rings. The molecule has 1 unspecified atom stereocenters. The summed E-state index contributed by atoms with van der Waals surface area (Å²) in [5.41, 5.74) is 5.31. The van der Waals surface area contributed by atoms with Crippen LogP contribution in [0.1, 0.15) is 40.0 Å². The monoisotopic (exact) mass is 232 g/mol. The molecule has 3 N–H and O–H groups in total. The van der Waals surface area contributed by atoms with Crippen LogP contribution in [-0.2, 0) is 4.79 Å². The molecule has 15 heavy (non-hydrogen) atoms. The minimum atomic E-state index is -0.244. The van der Waals surface area contributed by atoms with Crippen LogP contribution in [0.3, 0.4) is 0 Å². The Morgan fingerprint density at radius 3 is 2.53 bits per heavy atom. The van der Waals surface area contributed by atoms with Crippen molar-refractivity contribution in [3.05, 3.63) is 0 Å². The molecular weight excluding hydrogens is 208 g/mol. The van der Waals surface area contributed by atoms with Crippen molar-refractivity contribution >= 4 is 17.7 Å². The average Bonchev–Trinajstić information content (AvgIpc) is 2.15. The van der Waals surface area contributed by atoms with Crippen LogP contribution >= 0.6 is 11.8 Å². The summed E-state index contributed by atoms with van der Waals surface area (Å²) in [7, 11) is 0. The highest BCUT2D eigenvalue weighted by Crippen LogP contribution is 2.08. The second kappa shape index (κ2) is 9.04. The molecule has 0 aromatic heterocycles. The third-order valence-corrected chi connectivity index (χ3v) is 3.20. The van der Waals surface area contributed by atoms with E-state index in [1.165, 1.54) is 19.3 Å². The number of primary amides is 1. The van der Waals surface area contributed by atoms with E-state index in [2.05, 4.69) is 12.2 Å². The van der Waals surface area contributed by atoms with Crippen LogP contribution in [0.5, 0.6) is 0 Å². The van der Waals surface area contributed by atoms with Crippen molar-refractivity contribution in [3.63, 3.8) is 0 Å². The number of rotatable bonds is 9. The molecule has 0 spiro atoms. The Balaban J connectivity index is 3.62. The Kier molecular flexibility index (Phi) is 8.91. The minimum Gasteiger partial charge on any atom is -0.368 e. The quantitative estimate of drug-likeness (QED) is 0.596. The SMILES string of the molecule is CCCCCSCC(NC(C)C)C(N)=O. The van der Waals surface area contributed by atoms with Gasteiger partial charge in [0.15, 0.2) is 0 Å². The van der Waals surface area contributed by atoms with E-state index < -0.39 is 0 Å². The standard InChI is InChI=1S/C11H24N2OS/c1-4-5-6-7-15-8-10(11(12)14)13-9(2)3/h9-10,13H,4-8H2,1-3H3,(H2,12,14). The van der Waals surface area contributed by atoms with Crippen LogP contribution in [0.25, 0.3) is 0 Å². The lowest BCUT2D eigenvalue weighted by molar-refractivity contribution is -0.119. The summed E-state index contributed by atoms with van der Waals surface area (Å²) >= 11 is 1.81. The third-order valence-electron chi connectivity index (χ3n) is 2.05. The van der Waals surface area contributed by atoms with Gasteiger partial charge in [0, 0.05) is 11.8 Å². The van der Waals surface area contributed by atoms with E-state index in [1.807, 2.05) is 25.6 Å². The molecule has 1 atom stereocenters. The van der Waals surface area contributed by atoms with Crippen molar-refractivity contribution in [1.82, 2.24) is 5.32 Å². The molecule has 0 aliphatic rings. The van der Waals surface area contributed by atoms with Crippen molar-refractivity contribution < 1.29 is 4.79 Å². The minimum absolute atomic E-state index is 0.184. The lowest BCUT2D eigenvalue weighted by Gasteiger charge is -2.17. The molecule has 1 amide bonds. The first-order valence-corrected chi connectivity index (χ1v) is 6.86. The molecule has 0 bridgehead atoms. The molecule has 0 aliphatic carbocycles. The second-order valence-corrected chi connectivity index (χ2v) is 5.21. The summed E-state index contributed by atoms with van der Waals surface area (Å²) < 4.78 is 0. The predicted molar refractivity (Wildman–Crippen MR) is 68.1 cm³/mol. The summed E-state index contributed by atoms with van der Waals surface area (Å²) in [4.78, 5) is 11.1. The Labute approximate surface area is 97.6 Å². The molecule has 0 aliphatic heterocycles. The molecule has 3 nitrogen and oxygen atoms in total. The summed E-state index contributed by atoms with van der Waals surface area (Å²) in [6.07, 6.45) is 3.74. The summed E-state index contributed by atoms with van der Waals surface area (Å²) in [5.74, 6) is 1.67. The fourth-order valence-corrected chi connectivity index (χ4v) is 2.34. The molecule has 0 heterocycles. The van der Waals surface area contributed by atoms with E-state index in [9.17, 15) is 4.79 Å². The van der Waals surface area contributed by atoms with Gasteiger partial charge in [-0.15, -0.1) is 0 Å². The molecule has 0 saturated heterocycles. The summed E-state index contributed by atoms with van der Waals surface area (Å²) in [6.45, 7) is 6.24. The Morgan fingerprint density at radius 1 is 1.40 bits per heavy atom. The van der Waals surface area contributed by atoms with E-state index in [1.54, 1.807) is 0 Å². The third kappa shape index (κ3) is 8.75. The zero-order chi connectivity index (χ0) is 11.7. The van der Waals surface area contributed by atoms with Crippen molar-refractivity contribution in [2.45, 2.75) is 52.1 Å². The van der Waals surface area contributed by atoms with E-state index in [0.29, 0.717) is 6.04 Å². The van der Waals surface area contributed by atoms with Crippen LogP contribution in [0.15, 0.2) is 0 Å². The van der Waals surface area contributed by atoms with E-state index in [4.69, 9.17) is 5.73 Å². The number of amides is 1. The lowest BCUT2D eigenvalue weighted by Crippen LogP contribution is -2.46.